The summed E-state index contributed by atoms with van der Waals surface area (Å²) in [6.07, 6.45) is 3.67. The minimum atomic E-state index is -0.282. The second-order valence-electron chi connectivity index (χ2n) is 5.57. The van der Waals surface area contributed by atoms with Crippen molar-refractivity contribution >= 4 is 17.7 Å². The van der Waals surface area contributed by atoms with E-state index in [2.05, 4.69) is 39.0 Å². The molecule has 1 aliphatic rings. The summed E-state index contributed by atoms with van der Waals surface area (Å²) in [6, 6.07) is 10.4. The van der Waals surface area contributed by atoms with E-state index in [-0.39, 0.29) is 5.91 Å². The lowest BCUT2D eigenvalue weighted by Crippen LogP contribution is -2.15. The van der Waals surface area contributed by atoms with Crippen LogP contribution in [0.1, 0.15) is 36.6 Å². The number of carbonyl (C=O) groups is 1. The van der Waals surface area contributed by atoms with Crippen molar-refractivity contribution in [2.75, 3.05) is 5.75 Å². The third kappa shape index (κ3) is 3.88. The monoisotopic (exact) mass is 316 g/mol. The molecular weight excluding hydrogens is 296 g/mol. The summed E-state index contributed by atoms with van der Waals surface area (Å²) in [4.78, 5) is 11.1. The van der Waals surface area contributed by atoms with Crippen LogP contribution < -0.4 is 5.73 Å². The van der Waals surface area contributed by atoms with Gasteiger partial charge in [-0.15, -0.1) is 10.2 Å². The molecule has 1 amide bonds. The Morgan fingerprint density at radius 1 is 1.27 bits per heavy atom. The zero-order valence-electron chi connectivity index (χ0n) is 12.4. The van der Waals surface area contributed by atoms with E-state index < -0.39 is 0 Å². The molecule has 5 nitrogen and oxygen atoms in total. The number of hydrogen-bond donors (Lipinski definition) is 1. The number of aromatic nitrogens is 3. The molecule has 0 atom stereocenters. The van der Waals surface area contributed by atoms with Gasteiger partial charge >= 0.3 is 0 Å². The van der Waals surface area contributed by atoms with Crippen molar-refractivity contribution in [3.63, 3.8) is 0 Å². The predicted octanol–water partition coefficient (Wildman–Crippen LogP) is 2.37. The summed E-state index contributed by atoms with van der Waals surface area (Å²) >= 11 is 1.70. The molecule has 2 aromatic rings. The Morgan fingerprint density at radius 2 is 2.05 bits per heavy atom. The number of hydrogen-bond acceptors (Lipinski definition) is 4. The Bertz CT molecular complexity index is 637. The van der Waals surface area contributed by atoms with E-state index >= 15 is 0 Å². The third-order valence-corrected chi connectivity index (χ3v) is 4.70. The van der Waals surface area contributed by atoms with Crippen LogP contribution in [0.5, 0.6) is 0 Å². The standard InChI is InChI=1S/C16H20N4OS/c17-14(21)8-10-20-15(13-6-7-13)18-19-16(20)22-11-9-12-4-2-1-3-5-12/h1-5,13H,6-11H2,(H2,17,21). The smallest absolute Gasteiger partial charge is 0.219 e. The fourth-order valence-electron chi connectivity index (χ4n) is 2.39. The van der Waals surface area contributed by atoms with Gasteiger partial charge in [-0.3, -0.25) is 4.79 Å². The molecule has 1 aliphatic carbocycles. The third-order valence-electron chi connectivity index (χ3n) is 3.73. The molecule has 116 valence electrons. The number of nitrogens with zero attached hydrogens (tertiary/aromatic N) is 3. The fourth-order valence-corrected chi connectivity index (χ4v) is 3.35. The molecule has 2 N–H and O–H groups in total. The van der Waals surface area contributed by atoms with Crippen LogP contribution in [0.25, 0.3) is 0 Å². The molecule has 0 spiro atoms. The Morgan fingerprint density at radius 3 is 2.73 bits per heavy atom. The minimum absolute atomic E-state index is 0.282. The minimum Gasteiger partial charge on any atom is -0.370 e. The summed E-state index contributed by atoms with van der Waals surface area (Å²) in [6.45, 7) is 0.585. The van der Waals surface area contributed by atoms with Gasteiger partial charge in [-0.1, -0.05) is 42.1 Å². The van der Waals surface area contributed by atoms with Gasteiger partial charge in [-0.05, 0) is 24.8 Å². The molecule has 0 aliphatic heterocycles. The maximum Gasteiger partial charge on any atom is 0.219 e. The van der Waals surface area contributed by atoms with Crippen molar-refractivity contribution in [3.8, 4) is 0 Å². The molecule has 1 fully saturated rings. The Labute approximate surface area is 134 Å². The second-order valence-corrected chi connectivity index (χ2v) is 6.63. The van der Waals surface area contributed by atoms with E-state index in [9.17, 15) is 4.79 Å². The molecule has 1 saturated carbocycles. The van der Waals surface area contributed by atoms with Gasteiger partial charge in [0.2, 0.25) is 5.91 Å². The van der Waals surface area contributed by atoms with Crippen molar-refractivity contribution in [3.05, 3.63) is 41.7 Å². The Kier molecular flexibility index (Phi) is 4.77. The van der Waals surface area contributed by atoms with Gasteiger partial charge in [0.1, 0.15) is 5.82 Å². The lowest BCUT2D eigenvalue weighted by atomic mass is 10.2. The van der Waals surface area contributed by atoms with E-state index in [1.165, 1.54) is 18.4 Å². The summed E-state index contributed by atoms with van der Waals surface area (Å²) in [5, 5.41) is 9.53. The molecule has 0 bridgehead atoms. The van der Waals surface area contributed by atoms with Gasteiger partial charge in [0.15, 0.2) is 5.16 Å². The van der Waals surface area contributed by atoms with Crippen molar-refractivity contribution in [2.45, 2.75) is 43.3 Å². The first-order chi connectivity index (χ1) is 10.7. The van der Waals surface area contributed by atoms with E-state index in [4.69, 9.17) is 5.73 Å². The number of benzene rings is 1. The van der Waals surface area contributed by atoms with E-state index in [0.717, 1.165) is 23.2 Å². The van der Waals surface area contributed by atoms with Crippen LogP contribution in [0, 0.1) is 0 Å². The predicted molar refractivity (Wildman–Crippen MR) is 86.7 cm³/mol. The average Bonchev–Trinajstić information content (AvgIpc) is 3.28. The van der Waals surface area contributed by atoms with Crippen molar-refractivity contribution in [1.29, 1.82) is 0 Å². The lowest BCUT2D eigenvalue weighted by Gasteiger charge is -2.08. The summed E-state index contributed by atoms with van der Waals surface area (Å²) in [5.74, 6) is 2.20. The van der Waals surface area contributed by atoms with Crippen molar-refractivity contribution in [1.82, 2.24) is 14.8 Å². The van der Waals surface area contributed by atoms with Crippen LogP contribution in [0.2, 0.25) is 0 Å². The second kappa shape index (κ2) is 6.96. The van der Waals surface area contributed by atoms with Gasteiger partial charge in [-0.25, -0.2) is 0 Å². The number of rotatable bonds is 8. The number of amides is 1. The van der Waals surface area contributed by atoms with Gasteiger partial charge in [-0.2, -0.15) is 0 Å². The van der Waals surface area contributed by atoms with Gasteiger partial charge in [0, 0.05) is 24.6 Å². The van der Waals surface area contributed by atoms with Crippen molar-refractivity contribution < 1.29 is 4.79 Å². The maximum atomic E-state index is 11.1. The maximum absolute atomic E-state index is 11.1. The molecule has 0 saturated heterocycles. The summed E-state index contributed by atoms with van der Waals surface area (Å²) < 4.78 is 2.08. The van der Waals surface area contributed by atoms with Gasteiger partial charge in [0.05, 0.1) is 0 Å². The first-order valence-corrected chi connectivity index (χ1v) is 8.60. The normalized spacial score (nSPS) is 14.2. The summed E-state index contributed by atoms with van der Waals surface area (Å²) in [7, 11) is 0. The van der Waals surface area contributed by atoms with Crippen LogP contribution in [-0.2, 0) is 17.8 Å². The number of thioether (sulfide) groups is 1. The first kappa shape index (κ1) is 15.1. The molecule has 22 heavy (non-hydrogen) atoms. The quantitative estimate of drug-likeness (QED) is 0.759. The van der Waals surface area contributed by atoms with E-state index in [1.54, 1.807) is 11.8 Å². The average molecular weight is 316 g/mol. The molecule has 1 heterocycles. The molecule has 1 aromatic heterocycles. The van der Waals surface area contributed by atoms with Crippen LogP contribution in [0.3, 0.4) is 0 Å². The SMILES string of the molecule is NC(=O)CCn1c(SCCc2ccccc2)nnc1C1CC1. The largest absolute Gasteiger partial charge is 0.370 e. The van der Waals surface area contributed by atoms with Gasteiger partial charge in [0.25, 0.3) is 0 Å². The Hall–Kier alpha value is -1.82. The molecule has 0 unspecified atom stereocenters. The zero-order chi connectivity index (χ0) is 15.4. The number of aryl methyl sites for hydroxylation is 1. The molecule has 1 aromatic carbocycles. The Balaban J connectivity index is 1.63. The first-order valence-electron chi connectivity index (χ1n) is 7.62. The van der Waals surface area contributed by atoms with Crippen molar-refractivity contribution in [2.24, 2.45) is 5.73 Å². The number of primary amides is 1. The molecule has 6 heteroatoms. The van der Waals surface area contributed by atoms with E-state index in [0.29, 0.717) is 18.9 Å². The highest BCUT2D eigenvalue weighted by atomic mass is 32.2. The fraction of sp³-hybridized carbons (Fsp3) is 0.438. The molecular formula is C16H20N4OS. The highest BCUT2D eigenvalue weighted by Crippen LogP contribution is 2.40. The van der Waals surface area contributed by atoms with Crippen LogP contribution >= 0.6 is 11.8 Å². The van der Waals surface area contributed by atoms with Crippen LogP contribution in [0.15, 0.2) is 35.5 Å². The summed E-state index contributed by atoms with van der Waals surface area (Å²) in [5.41, 5.74) is 6.60. The zero-order valence-corrected chi connectivity index (χ0v) is 13.3. The van der Waals surface area contributed by atoms with Crippen LogP contribution in [-0.4, -0.2) is 26.4 Å². The van der Waals surface area contributed by atoms with Gasteiger partial charge < -0.3 is 10.3 Å². The highest BCUT2D eigenvalue weighted by Gasteiger charge is 2.30. The highest BCUT2D eigenvalue weighted by molar-refractivity contribution is 7.99. The van der Waals surface area contributed by atoms with Crippen LogP contribution in [0.4, 0.5) is 0 Å². The number of carbonyl (C=O) groups excluding carboxylic acids is 1. The molecule has 0 radical (unpaired) electrons. The topological polar surface area (TPSA) is 73.8 Å². The lowest BCUT2D eigenvalue weighted by molar-refractivity contribution is -0.118. The molecule has 3 rings (SSSR count). The van der Waals surface area contributed by atoms with E-state index in [1.807, 2.05) is 6.07 Å². The number of nitrogens with two attached hydrogens (primary N) is 1.